The zero-order valence-electron chi connectivity index (χ0n) is 13.0. The van der Waals surface area contributed by atoms with Crippen molar-refractivity contribution in [3.8, 4) is 0 Å². The zero-order valence-corrected chi connectivity index (χ0v) is 13.0. The van der Waals surface area contributed by atoms with Gasteiger partial charge in [-0.25, -0.2) is 4.79 Å². The SMILES string of the molecule is CCC1COC(C)(C)N1C(=O)Nc1cc(C)ccc1C. The Morgan fingerprint density at radius 3 is 2.80 bits per heavy atom. The van der Waals surface area contributed by atoms with Gasteiger partial charge in [0.05, 0.1) is 12.6 Å². The molecule has 1 N–H and O–H groups in total. The fourth-order valence-corrected chi connectivity index (χ4v) is 2.64. The Morgan fingerprint density at radius 1 is 1.45 bits per heavy atom. The second-order valence-corrected chi connectivity index (χ2v) is 5.94. The average molecular weight is 276 g/mol. The fourth-order valence-electron chi connectivity index (χ4n) is 2.64. The molecule has 2 amide bonds. The standard InChI is InChI=1S/C16H24N2O2/c1-6-13-10-20-16(4,5)18(13)15(19)17-14-9-11(2)7-8-12(14)3/h7-9,13H,6,10H2,1-5H3,(H,17,19). The summed E-state index contributed by atoms with van der Waals surface area (Å²) >= 11 is 0. The number of carbonyl (C=O) groups excluding carboxylic acids is 1. The van der Waals surface area contributed by atoms with Gasteiger partial charge in [-0.15, -0.1) is 0 Å². The zero-order chi connectivity index (χ0) is 14.9. The minimum absolute atomic E-state index is 0.0898. The number of amides is 2. The summed E-state index contributed by atoms with van der Waals surface area (Å²) in [4.78, 5) is 14.4. The van der Waals surface area contributed by atoms with Gasteiger partial charge in [0.25, 0.3) is 0 Å². The summed E-state index contributed by atoms with van der Waals surface area (Å²) in [6.07, 6.45) is 0.893. The third-order valence-electron chi connectivity index (χ3n) is 3.90. The van der Waals surface area contributed by atoms with Crippen molar-refractivity contribution in [1.29, 1.82) is 0 Å². The first kappa shape index (κ1) is 14.9. The highest BCUT2D eigenvalue weighted by Gasteiger charge is 2.42. The molecule has 1 unspecified atom stereocenters. The van der Waals surface area contributed by atoms with Crippen LogP contribution in [0.1, 0.15) is 38.3 Å². The maximum absolute atomic E-state index is 12.6. The largest absolute Gasteiger partial charge is 0.354 e. The van der Waals surface area contributed by atoms with Crippen LogP contribution < -0.4 is 5.32 Å². The van der Waals surface area contributed by atoms with Gasteiger partial charge in [0.15, 0.2) is 0 Å². The molecule has 1 atom stereocenters. The molecule has 1 fully saturated rings. The molecule has 0 aromatic heterocycles. The van der Waals surface area contributed by atoms with Crippen molar-refractivity contribution in [2.75, 3.05) is 11.9 Å². The quantitative estimate of drug-likeness (QED) is 0.895. The van der Waals surface area contributed by atoms with Crippen molar-refractivity contribution < 1.29 is 9.53 Å². The average Bonchev–Trinajstić information content (AvgIpc) is 2.69. The Labute approximate surface area is 121 Å². The molecule has 1 heterocycles. The lowest BCUT2D eigenvalue weighted by Crippen LogP contribution is -2.49. The predicted octanol–water partition coefficient (Wildman–Crippen LogP) is 3.68. The van der Waals surface area contributed by atoms with Crippen LogP contribution in [0.3, 0.4) is 0 Å². The first-order chi connectivity index (χ1) is 9.35. The van der Waals surface area contributed by atoms with Crippen molar-refractivity contribution in [1.82, 2.24) is 4.90 Å². The minimum atomic E-state index is -0.553. The van der Waals surface area contributed by atoms with Gasteiger partial charge in [0.2, 0.25) is 0 Å². The highest BCUT2D eigenvalue weighted by molar-refractivity contribution is 5.91. The Hall–Kier alpha value is -1.55. The van der Waals surface area contributed by atoms with Crippen molar-refractivity contribution >= 4 is 11.7 Å². The number of urea groups is 1. The van der Waals surface area contributed by atoms with Crippen molar-refractivity contribution in [3.63, 3.8) is 0 Å². The number of rotatable bonds is 2. The molecule has 1 aromatic carbocycles. The van der Waals surface area contributed by atoms with E-state index < -0.39 is 5.72 Å². The lowest BCUT2D eigenvalue weighted by Gasteiger charge is -2.33. The third-order valence-corrected chi connectivity index (χ3v) is 3.90. The van der Waals surface area contributed by atoms with E-state index in [0.29, 0.717) is 6.61 Å². The number of benzene rings is 1. The van der Waals surface area contributed by atoms with Crippen LogP contribution in [-0.4, -0.2) is 29.3 Å². The molecule has 4 heteroatoms. The van der Waals surface area contributed by atoms with E-state index in [9.17, 15) is 4.79 Å². The molecule has 0 spiro atoms. The van der Waals surface area contributed by atoms with E-state index in [1.165, 1.54) is 0 Å². The van der Waals surface area contributed by atoms with Crippen LogP contribution in [0, 0.1) is 13.8 Å². The minimum Gasteiger partial charge on any atom is -0.354 e. The maximum Gasteiger partial charge on any atom is 0.324 e. The Kier molecular flexibility index (Phi) is 4.04. The first-order valence-corrected chi connectivity index (χ1v) is 7.16. The second-order valence-electron chi connectivity index (χ2n) is 5.94. The molecule has 2 rings (SSSR count). The summed E-state index contributed by atoms with van der Waals surface area (Å²) in [5.41, 5.74) is 2.51. The first-order valence-electron chi connectivity index (χ1n) is 7.16. The number of hydrogen-bond acceptors (Lipinski definition) is 2. The molecule has 0 bridgehead atoms. The Morgan fingerprint density at radius 2 is 2.15 bits per heavy atom. The number of hydrogen-bond donors (Lipinski definition) is 1. The molecule has 1 aliphatic rings. The van der Waals surface area contributed by atoms with Crippen LogP contribution in [0.5, 0.6) is 0 Å². The van der Waals surface area contributed by atoms with Gasteiger partial charge in [-0.3, -0.25) is 4.90 Å². The number of anilines is 1. The molecule has 20 heavy (non-hydrogen) atoms. The second kappa shape index (κ2) is 5.44. The summed E-state index contributed by atoms with van der Waals surface area (Å²) in [6, 6.07) is 6.11. The number of nitrogens with zero attached hydrogens (tertiary/aromatic N) is 1. The number of aryl methyl sites for hydroxylation is 2. The number of nitrogens with one attached hydrogen (secondary N) is 1. The molecule has 1 aromatic rings. The Bertz CT molecular complexity index is 511. The third kappa shape index (κ3) is 2.80. The van der Waals surface area contributed by atoms with E-state index in [1.54, 1.807) is 0 Å². The highest BCUT2D eigenvalue weighted by Crippen LogP contribution is 2.30. The van der Waals surface area contributed by atoms with Crippen LogP contribution >= 0.6 is 0 Å². The van der Waals surface area contributed by atoms with Gasteiger partial charge >= 0.3 is 6.03 Å². The molecule has 4 nitrogen and oxygen atoms in total. The molecule has 110 valence electrons. The summed E-state index contributed by atoms with van der Waals surface area (Å²) in [5.74, 6) is 0. The van der Waals surface area contributed by atoms with Gasteiger partial charge in [-0.1, -0.05) is 19.1 Å². The van der Waals surface area contributed by atoms with Crippen LogP contribution in [0.25, 0.3) is 0 Å². The van der Waals surface area contributed by atoms with Gasteiger partial charge < -0.3 is 10.1 Å². The van der Waals surface area contributed by atoms with Crippen molar-refractivity contribution in [3.05, 3.63) is 29.3 Å². The monoisotopic (exact) mass is 276 g/mol. The van der Waals surface area contributed by atoms with Gasteiger partial charge in [0, 0.05) is 5.69 Å². The van der Waals surface area contributed by atoms with E-state index >= 15 is 0 Å². The van der Waals surface area contributed by atoms with Gasteiger partial charge in [-0.05, 0) is 51.3 Å². The van der Waals surface area contributed by atoms with E-state index in [2.05, 4.69) is 12.2 Å². The van der Waals surface area contributed by atoms with E-state index in [4.69, 9.17) is 4.74 Å². The highest BCUT2D eigenvalue weighted by atomic mass is 16.5. The Balaban J connectivity index is 2.20. The summed E-state index contributed by atoms with van der Waals surface area (Å²) in [7, 11) is 0. The van der Waals surface area contributed by atoms with Gasteiger partial charge in [0.1, 0.15) is 5.72 Å². The number of ether oxygens (including phenoxy) is 1. The maximum atomic E-state index is 12.6. The fraction of sp³-hybridized carbons (Fsp3) is 0.562. The van der Waals surface area contributed by atoms with Crippen LogP contribution in [0.4, 0.5) is 10.5 Å². The molecule has 0 radical (unpaired) electrons. The summed E-state index contributed by atoms with van der Waals surface area (Å²) in [6.45, 7) is 10.6. The topological polar surface area (TPSA) is 41.6 Å². The number of carbonyl (C=O) groups is 1. The van der Waals surface area contributed by atoms with E-state index in [0.717, 1.165) is 23.2 Å². The van der Waals surface area contributed by atoms with Crippen LogP contribution in [0.15, 0.2) is 18.2 Å². The molecular formula is C16H24N2O2. The lowest BCUT2D eigenvalue weighted by molar-refractivity contribution is -0.0301. The smallest absolute Gasteiger partial charge is 0.324 e. The van der Waals surface area contributed by atoms with E-state index in [-0.39, 0.29) is 12.1 Å². The summed E-state index contributed by atoms with van der Waals surface area (Å²) < 4.78 is 5.73. The predicted molar refractivity (Wildman–Crippen MR) is 80.9 cm³/mol. The molecule has 1 aliphatic heterocycles. The summed E-state index contributed by atoms with van der Waals surface area (Å²) in [5, 5.41) is 3.02. The molecule has 0 aliphatic carbocycles. The van der Waals surface area contributed by atoms with Gasteiger partial charge in [-0.2, -0.15) is 0 Å². The van der Waals surface area contributed by atoms with Crippen molar-refractivity contribution in [2.45, 2.75) is 52.8 Å². The van der Waals surface area contributed by atoms with Crippen LogP contribution in [0.2, 0.25) is 0 Å². The molecule has 0 saturated carbocycles. The van der Waals surface area contributed by atoms with E-state index in [1.807, 2.05) is 50.8 Å². The van der Waals surface area contributed by atoms with Crippen LogP contribution in [-0.2, 0) is 4.74 Å². The molecular weight excluding hydrogens is 252 g/mol. The normalized spacial score (nSPS) is 21.1. The van der Waals surface area contributed by atoms with Crippen molar-refractivity contribution in [2.24, 2.45) is 0 Å². The lowest BCUT2D eigenvalue weighted by atomic mass is 10.1. The molecule has 1 saturated heterocycles.